The third kappa shape index (κ3) is 2.41. The van der Waals surface area contributed by atoms with E-state index in [1.165, 1.54) is 13.0 Å². The zero-order valence-corrected chi connectivity index (χ0v) is 9.57. The lowest BCUT2D eigenvalue weighted by molar-refractivity contribution is 0.226. The summed E-state index contributed by atoms with van der Waals surface area (Å²) in [5.74, 6) is 1.08. The van der Waals surface area contributed by atoms with Crippen molar-refractivity contribution in [2.75, 3.05) is 19.6 Å². The minimum Gasteiger partial charge on any atom is -0.468 e. The second-order valence-electron chi connectivity index (χ2n) is 4.23. The van der Waals surface area contributed by atoms with Gasteiger partial charge in [0.05, 0.1) is 12.3 Å². The van der Waals surface area contributed by atoms with Gasteiger partial charge < -0.3 is 9.73 Å². The molecule has 3 nitrogen and oxygen atoms in total. The molecule has 2 unspecified atom stereocenters. The van der Waals surface area contributed by atoms with Crippen molar-refractivity contribution < 1.29 is 4.42 Å². The molecule has 1 aromatic heterocycles. The maximum atomic E-state index is 5.44. The minimum atomic E-state index is 0.406. The van der Waals surface area contributed by atoms with Crippen molar-refractivity contribution >= 4 is 0 Å². The van der Waals surface area contributed by atoms with Gasteiger partial charge in [-0.2, -0.15) is 0 Å². The Kier molecular flexibility index (Phi) is 3.44. The zero-order chi connectivity index (χ0) is 10.7. The van der Waals surface area contributed by atoms with E-state index < -0.39 is 0 Å². The number of hydrogen-bond acceptors (Lipinski definition) is 3. The van der Waals surface area contributed by atoms with Crippen LogP contribution in [0.5, 0.6) is 0 Å². The summed E-state index contributed by atoms with van der Waals surface area (Å²) in [6, 6.07) is 5.09. The van der Waals surface area contributed by atoms with Crippen LogP contribution in [0.3, 0.4) is 0 Å². The van der Waals surface area contributed by atoms with Crippen LogP contribution in [-0.4, -0.2) is 30.6 Å². The molecular weight excluding hydrogens is 188 g/mol. The molecule has 0 aliphatic carbocycles. The van der Waals surface area contributed by atoms with E-state index in [1.807, 2.05) is 6.07 Å². The molecule has 2 heterocycles. The lowest BCUT2D eigenvalue weighted by Crippen LogP contribution is -2.33. The summed E-state index contributed by atoms with van der Waals surface area (Å²) in [7, 11) is 0. The first-order valence-electron chi connectivity index (χ1n) is 5.82. The number of hydrogen-bond donors (Lipinski definition) is 1. The van der Waals surface area contributed by atoms with Crippen LogP contribution in [0.4, 0.5) is 0 Å². The second-order valence-corrected chi connectivity index (χ2v) is 4.23. The van der Waals surface area contributed by atoms with Crippen molar-refractivity contribution in [2.45, 2.75) is 32.4 Å². The van der Waals surface area contributed by atoms with E-state index >= 15 is 0 Å². The van der Waals surface area contributed by atoms with Crippen molar-refractivity contribution in [3.63, 3.8) is 0 Å². The maximum Gasteiger partial charge on any atom is 0.120 e. The largest absolute Gasteiger partial charge is 0.468 e. The molecule has 3 heteroatoms. The molecule has 15 heavy (non-hydrogen) atoms. The number of likely N-dealkylation sites (tertiary alicyclic amines) is 1. The highest BCUT2D eigenvalue weighted by Gasteiger charge is 2.27. The van der Waals surface area contributed by atoms with E-state index in [4.69, 9.17) is 4.42 Å². The van der Waals surface area contributed by atoms with E-state index in [9.17, 15) is 0 Å². The van der Waals surface area contributed by atoms with Crippen molar-refractivity contribution in [2.24, 2.45) is 0 Å². The Balaban J connectivity index is 1.90. The van der Waals surface area contributed by atoms with E-state index in [1.54, 1.807) is 6.26 Å². The van der Waals surface area contributed by atoms with E-state index in [2.05, 4.69) is 30.1 Å². The summed E-state index contributed by atoms with van der Waals surface area (Å²) in [5, 5.41) is 3.50. The topological polar surface area (TPSA) is 28.4 Å². The van der Waals surface area contributed by atoms with Crippen LogP contribution < -0.4 is 5.32 Å². The summed E-state index contributed by atoms with van der Waals surface area (Å²) >= 11 is 0. The van der Waals surface area contributed by atoms with Gasteiger partial charge in [0.1, 0.15) is 5.76 Å². The van der Waals surface area contributed by atoms with Gasteiger partial charge in [0.2, 0.25) is 0 Å². The Labute approximate surface area is 91.4 Å². The first-order valence-corrected chi connectivity index (χ1v) is 5.82. The molecular formula is C12H20N2O. The van der Waals surface area contributed by atoms with E-state index in [0.717, 1.165) is 18.8 Å². The molecule has 1 aromatic rings. The second kappa shape index (κ2) is 4.81. The number of furan rings is 1. The van der Waals surface area contributed by atoms with Crippen LogP contribution >= 0.6 is 0 Å². The molecule has 0 radical (unpaired) electrons. The highest BCUT2D eigenvalue weighted by Crippen LogP contribution is 2.24. The Morgan fingerprint density at radius 1 is 1.67 bits per heavy atom. The molecule has 0 spiro atoms. The maximum absolute atomic E-state index is 5.44. The number of likely N-dealkylation sites (N-methyl/N-ethyl adjacent to an activating group) is 1. The third-order valence-electron chi connectivity index (χ3n) is 3.22. The Bertz CT molecular complexity index is 284. The van der Waals surface area contributed by atoms with Gasteiger partial charge in [-0.15, -0.1) is 0 Å². The van der Waals surface area contributed by atoms with Crippen molar-refractivity contribution in [1.82, 2.24) is 10.2 Å². The number of nitrogens with one attached hydrogen (secondary N) is 1. The molecule has 0 bridgehead atoms. The predicted molar refractivity (Wildman–Crippen MR) is 60.8 cm³/mol. The molecule has 1 fully saturated rings. The van der Waals surface area contributed by atoms with Crippen molar-refractivity contribution in [3.8, 4) is 0 Å². The highest BCUT2D eigenvalue weighted by molar-refractivity contribution is 5.04. The lowest BCUT2D eigenvalue weighted by Gasteiger charge is -2.22. The van der Waals surface area contributed by atoms with Gasteiger partial charge in [0.15, 0.2) is 0 Å². The monoisotopic (exact) mass is 208 g/mol. The zero-order valence-electron chi connectivity index (χ0n) is 9.57. The predicted octanol–water partition coefficient (Wildman–Crippen LogP) is 2.02. The fourth-order valence-corrected chi connectivity index (χ4v) is 2.30. The fourth-order valence-electron chi connectivity index (χ4n) is 2.30. The molecule has 84 valence electrons. The van der Waals surface area contributed by atoms with Gasteiger partial charge in [0, 0.05) is 19.1 Å². The number of rotatable bonds is 4. The quantitative estimate of drug-likeness (QED) is 0.820. The summed E-state index contributed by atoms with van der Waals surface area (Å²) in [4.78, 5) is 2.48. The van der Waals surface area contributed by atoms with Gasteiger partial charge in [-0.1, -0.05) is 6.92 Å². The molecule has 0 saturated carbocycles. The summed E-state index contributed by atoms with van der Waals surface area (Å²) in [5.41, 5.74) is 0. The first-order chi connectivity index (χ1) is 7.31. The molecule has 1 saturated heterocycles. The van der Waals surface area contributed by atoms with E-state index in [-0.39, 0.29) is 0 Å². The molecule has 0 aromatic carbocycles. The average molecular weight is 208 g/mol. The minimum absolute atomic E-state index is 0.406. The first kappa shape index (κ1) is 10.7. The van der Waals surface area contributed by atoms with Crippen LogP contribution in [0, 0.1) is 0 Å². The van der Waals surface area contributed by atoms with Crippen LogP contribution in [0.2, 0.25) is 0 Å². The normalized spacial score (nSPS) is 24.5. The molecule has 1 aliphatic heterocycles. The summed E-state index contributed by atoms with van der Waals surface area (Å²) < 4.78 is 5.44. The third-order valence-corrected chi connectivity index (χ3v) is 3.22. The van der Waals surface area contributed by atoms with Gasteiger partial charge in [-0.05, 0) is 32.0 Å². The fraction of sp³-hybridized carbons (Fsp3) is 0.667. The average Bonchev–Trinajstić information content (AvgIpc) is 2.87. The van der Waals surface area contributed by atoms with Gasteiger partial charge >= 0.3 is 0 Å². The molecule has 2 rings (SSSR count). The standard InChI is InChI=1S/C12H20N2O/c1-3-13-11-6-7-14(9-11)10(2)12-5-4-8-15-12/h4-5,8,10-11,13H,3,6-7,9H2,1-2H3. The molecule has 1 N–H and O–H groups in total. The van der Waals surface area contributed by atoms with Gasteiger partial charge in [0.25, 0.3) is 0 Å². The Hall–Kier alpha value is -0.800. The van der Waals surface area contributed by atoms with Gasteiger partial charge in [-0.3, -0.25) is 4.90 Å². The number of nitrogens with zero attached hydrogens (tertiary/aromatic N) is 1. The summed E-state index contributed by atoms with van der Waals surface area (Å²) in [6.07, 6.45) is 3.00. The SMILES string of the molecule is CCNC1CCN(C(C)c2ccco2)C1. The van der Waals surface area contributed by atoms with Gasteiger partial charge in [-0.25, -0.2) is 0 Å². The van der Waals surface area contributed by atoms with E-state index in [0.29, 0.717) is 12.1 Å². The van der Waals surface area contributed by atoms with Crippen LogP contribution in [0.25, 0.3) is 0 Å². The lowest BCUT2D eigenvalue weighted by atomic mass is 10.2. The molecule has 1 aliphatic rings. The molecule has 0 amide bonds. The Morgan fingerprint density at radius 3 is 3.20 bits per heavy atom. The Morgan fingerprint density at radius 2 is 2.53 bits per heavy atom. The van der Waals surface area contributed by atoms with Crippen LogP contribution in [0.15, 0.2) is 22.8 Å². The van der Waals surface area contributed by atoms with Crippen LogP contribution in [-0.2, 0) is 0 Å². The molecule has 2 atom stereocenters. The van der Waals surface area contributed by atoms with Crippen molar-refractivity contribution in [1.29, 1.82) is 0 Å². The summed E-state index contributed by atoms with van der Waals surface area (Å²) in [6.45, 7) is 7.74. The van der Waals surface area contributed by atoms with Crippen LogP contribution in [0.1, 0.15) is 32.1 Å². The smallest absolute Gasteiger partial charge is 0.120 e. The van der Waals surface area contributed by atoms with Crippen molar-refractivity contribution in [3.05, 3.63) is 24.2 Å². The highest BCUT2D eigenvalue weighted by atomic mass is 16.3.